The normalized spacial score (nSPS) is 16.1. The van der Waals surface area contributed by atoms with Crippen LogP contribution in [-0.2, 0) is 16.6 Å². The van der Waals surface area contributed by atoms with E-state index in [0.717, 1.165) is 33.7 Å². The molecule has 0 atom stereocenters. The summed E-state index contributed by atoms with van der Waals surface area (Å²) in [6.07, 6.45) is 0.750. The molecule has 1 fully saturated rings. The molecule has 0 aromatic carbocycles. The van der Waals surface area contributed by atoms with E-state index in [0.29, 0.717) is 44.1 Å². The van der Waals surface area contributed by atoms with Crippen molar-refractivity contribution in [2.75, 3.05) is 39.3 Å². The standard InChI is InChI=1S/C19H29N5O3S2/c1-6-15-20-14(5)16-13(4)17(28-18(16)21-15)19(25)22-9-11-24(12-10-22)29(26,27)23(7-2)8-3/h6-12H2,1-5H3. The van der Waals surface area contributed by atoms with Gasteiger partial charge in [0, 0.05) is 56.8 Å². The lowest BCUT2D eigenvalue weighted by Gasteiger charge is -2.36. The van der Waals surface area contributed by atoms with Crippen molar-refractivity contribution in [1.82, 2.24) is 23.5 Å². The maximum atomic E-state index is 13.2. The Morgan fingerprint density at radius 1 is 1.07 bits per heavy atom. The molecule has 0 bridgehead atoms. The first-order valence-electron chi connectivity index (χ1n) is 10.1. The quantitative estimate of drug-likeness (QED) is 0.689. The Morgan fingerprint density at radius 2 is 1.69 bits per heavy atom. The molecule has 2 aromatic rings. The third-order valence-electron chi connectivity index (χ3n) is 5.41. The van der Waals surface area contributed by atoms with E-state index in [1.807, 2.05) is 34.6 Å². The van der Waals surface area contributed by atoms with E-state index < -0.39 is 10.2 Å². The molecule has 29 heavy (non-hydrogen) atoms. The lowest BCUT2D eigenvalue weighted by Crippen LogP contribution is -2.54. The van der Waals surface area contributed by atoms with Crippen molar-refractivity contribution in [3.8, 4) is 0 Å². The summed E-state index contributed by atoms with van der Waals surface area (Å²) in [4.78, 5) is 25.5. The number of hydrogen-bond donors (Lipinski definition) is 0. The van der Waals surface area contributed by atoms with Crippen LogP contribution in [0.4, 0.5) is 0 Å². The minimum atomic E-state index is -3.47. The van der Waals surface area contributed by atoms with Gasteiger partial charge < -0.3 is 4.90 Å². The van der Waals surface area contributed by atoms with Crippen LogP contribution in [0.2, 0.25) is 0 Å². The molecular weight excluding hydrogens is 410 g/mol. The molecule has 2 aromatic heterocycles. The monoisotopic (exact) mass is 439 g/mol. The van der Waals surface area contributed by atoms with Gasteiger partial charge in [0.1, 0.15) is 10.7 Å². The Bertz CT molecular complexity index is 1010. The topological polar surface area (TPSA) is 86.7 Å². The van der Waals surface area contributed by atoms with Crippen LogP contribution in [0, 0.1) is 13.8 Å². The summed E-state index contributed by atoms with van der Waals surface area (Å²) < 4.78 is 28.3. The number of amides is 1. The molecule has 1 amide bonds. The SMILES string of the molecule is CCc1nc(C)c2c(C)c(C(=O)N3CCN(S(=O)(=O)N(CC)CC)CC3)sc2n1. The van der Waals surface area contributed by atoms with Gasteiger partial charge in [-0.05, 0) is 19.4 Å². The lowest BCUT2D eigenvalue weighted by molar-refractivity contribution is 0.0698. The summed E-state index contributed by atoms with van der Waals surface area (Å²) in [7, 11) is -3.47. The maximum Gasteiger partial charge on any atom is 0.282 e. The first kappa shape index (κ1) is 22.1. The molecule has 1 saturated heterocycles. The molecule has 3 heterocycles. The highest BCUT2D eigenvalue weighted by molar-refractivity contribution is 7.86. The van der Waals surface area contributed by atoms with E-state index >= 15 is 0 Å². The minimum absolute atomic E-state index is 0.0529. The van der Waals surface area contributed by atoms with E-state index in [2.05, 4.69) is 9.97 Å². The molecule has 0 saturated carbocycles. The number of aryl methyl sites for hydroxylation is 3. The Balaban J connectivity index is 1.79. The van der Waals surface area contributed by atoms with E-state index in [9.17, 15) is 13.2 Å². The van der Waals surface area contributed by atoms with Gasteiger partial charge >= 0.3 is 0 Å². The maximum absolute atomic E-state index is 13.2. The molecule has 3 rings (SSSR count). The summed E-state index contributed by atoms with van der Waals surface area (Å²) in [5.74, 6) is 0.730. The minimum Gasteiger partial charge on any atom is -0.335 e. The van der Waals surface area contributed by atoms with Gasteiger partial charge in [0.25, 0.3) is 16.1 Å². The highest BCUT2D eigenvalue weighted by Crippen LogP contribution is 2.32. The summed E-state index contributed by atoms with van der Waals surface area (Å²) in [6, 6.07) is 0. The molecule has 1 aliphatic heterocycles. The third-order valence-corrected chi connectivity index (χ3v) is 8.77. The average molecular weight is 440 g/mol. The molecule has 0 aliphatic carbocycles. The number of rotatable bonds is 6. The third kappa shape index (κ3) is 4.03. The molecule has 0 N–H and O–H groups in total. The smallest absolute Gasteiger partial charge is 0.282 e. The van der Waals surface area contributed by atoms with Crippen LogP contribution in [0.15, 0.2) is 0 Å². The lowest BCUT2D eigenvalue weighted by atomic mass is 10.1. The van der Waals surface area contributed by atoms with Gasteiger partial charge in [0.05, 0.1) is 4.88 Å². The fourth-order valence-electron chi connectivity index (χ4n) is 3.74. The number of carbonyl (C=O) groups excluding carboxylic acids is 1. The van der Waals surface area contributed by atoms with Crippen LogP contribution in [-0.4, -0.2) is 77.1 Å². The Labute approximate surface area is 176 Å². The second kappa shape index (κ2) is 8.63. The van der Waals surface area contributed by atoms with Crippen molar-refractivity contribution in [1.29, 1.82) is 0 Å². The van der Waals surface area contributed by atoms with E-state index in [1.165, 1.54) is 19.9 Å². The van der Waals surface area contributed by atoms with Crippen LogP contribution in [0.1, 0.15) is 47.5 Å². The van der Waals surface area contributed by atoms with Gasteiger partial charge in [-0.15, -0.1) is 11.3 Å². The van der Waals surface area contributed by atoms with Gasteiger partial charge in [0.15, 0.2) is 0 Å². The fraction of sp³-hybridized carbons (Fsp3) is 0.632. The van der Waals surface area contributed by atoms with Crippen molar-refractivity contribution in [3.05, 3.63) is 22.0 Å². The molecule has 160 valence electrons. The molecule has 10 heteroatoms. The molecule has 0 radical (unpaired) electrons. The molecule has 1 aliphatic rings. The molecule has 8 nitrogen and oxygen atoms in total. The van der Waals surface area contributed by atoms with Crippen LogP contribution in [0.25, 0.3) is 10.2 Å². The highest BCUT2D eigenvalue weighted by atomic mass is 32.2. The second-order valence-corrected chi connectivity index (χ2v) is 10.0. The van der Waals surface area contributed by atoms with Crippen LogP contribution < -0.4 is 0 Å². The first-order chi connectivity index (χ1) is 13.7. The van der Waals surface area contributed by atoms with Crippen LogP contribution >= 0.6 is 11.3 Å². The number of thiophene rings is 1. The summed E-state index contributed by atoms with van der Waals surface area (Å²) in [5, 5.41) is 0.957. The fourth-order valence-corrected chi connectivity index (χ4v) is 6.56. The Hall–Kier alpha value is -1.62. The number of piperazine rings is 1. The van der Waals surface area contributed by atoms with Gasteiger partial charge in [-0.3, -0.25) is 4.79 Å². The zero-order valence-corrected chi connectivity index (χ0v) is 19.4. The van der Waals surface area contributed by atoms with Gasteiger partial charge in [0.2, 0.25) is 0 Å². The van der Waals surface area contributed by atoms with E-state index in [-0.39, 0.29) is 5.91 Å². The van der Waals surface area contributed by atoms with Crippen molar-refractivity contribution >= 4 is 37.7 Å². The van der Waals surface area contributed by atoms with Crippen molar-refractivity contribution in [2.24, 2.45) is 0 Å². The van der Waals surface area contributed by atoms with Gasteiger partial charge in [-0.2, -0.15) is 17.0 Å². The van der Waals surface area contributed by atoms with Crippen LogP contribution in [0.3, 0.4) is 0 Å². The summed E-state index contributed by atoms with van der Waals surface area (Å²) in [5.41, 5.74) is 1.81. The average Bonchev–Trinajstić information content (AvgIpc) is 3.05. The molecular formula is C19H29N5O3S2. The summed E-state index contributed by atoms with van der Waals surface area (Å²) in [6.45, 7) is 11.9. The van der Waals surface area contributed by atoms with Crippen molar-refractivity contribution in [2.45, 2.75) is 41.0 Å². The highest BCUT2D eigenvalue weighted by Gasteiger charge is 2.33. The zero-order chi connectivity index (χ0) is 21.3. The molecule has 0 spiro atoms. The number of hydrogen-bond acceptors (Lipinski definition) is 6. The zero-order valence-electron chi connectivity index (χ0n) is 17.7. The number of aromatic nitrogens is 2. The number of fused-ring (bicyclic) bond motifs is 1. The van der Waals surface area contributed by atoms with E-state index in [4.69, 9.17) is 0 Å². The van der Waals surface area contributed by atoms with Crippen LogP contribution in [0.5, 0.6) is 0 Å². The number of nitrogens with zero attached hydrogens (tertiary/aromatic N) is 5. The predicted octanol–water partition coefficient (Wildman–Crippen LogP) is 2.21. The first-order valence-corrected chi connectivity index (χ1v) is 12.3. The van der Waals surface area contributed by atoms with E-state index in [1.54, 1.807) is 4.90 Å². The Kier molecular flexibility index (Phi) is 6.57. The molecule has 0 unspecified atom stereocenters. The van der Waals surface area contributed by atoms with Gasteiger partial charge in [-0.1, -0.05) is 20.8 Å². The number of carbonyl (C=O) groups is 1. The summed E-state index contributed by atoms with van der Waals surface area (Å²) >= 11 is 1.41. The Morgan fingerprint density at radius 3 is 2.24 bits per heavy atom. The van der Waals surface area contributed by atoms with Crippen molar-refractivity contribution < 1.29 is 13.2 Å². The second-order valence-electron chi connectivity index (χ2n) is 7.10. The predicted molar refractivity (Wildman–Crippen MR) is 116 cm³/mol. The van der Waals surface area contributed by atoms with Gasteiger partial charge in [-0.25, -0.2) is 9.97 Å². The largest absolute Gasteiger partial charge is 0.335 e. The van der Waals surface area contributed by atoms with Crippen molar-refractivity contribution in [3.63, 3.8) is 0 Å².